The molecule has 0 aliphatic heterocycles. The Morgan fingerprint density at radius 2 is 1.81 bits per heavy atom. The van der Waals surface area contributed by atoms with Gasteiger partial charge in [-0.2, -0.15) is 0 Å². The Morgan fingerprint density at radius 3 is 2.43 bits per heavy atom. The molecule has 0 aliphatic rings. The zero-order valence-corrected chi connectivity index (χ0v) is 14.0. The molecule has 0 fully saturated rings. The van der Waals surface area contributed by atoms with Crippen LogP contribution in [0.3, 0.4) is 0 Å². The van der Waals surface area contributed by atoms with Crippen molar-refractivity contribution in [3.8, 4) is 0 Å². The average Bonchev–Trinajstić information content (AvgIpc) is 2.41. The van der Waals surface area contributed by atoms with Crippen molar-refractivity contribution in [2.24, 2.45) is 0 Å². The van der Waals surface area contributed by atoms with Gasteiger partial charge >= 0.3 is 0 Å². The van der Waals surface area contributed by atoms with E-state index in [9.17, 15) is 4.79 Å². The lowest BCUT2D eigenvalue weighted by atomic mass is 9.83. The Bertz CT molecular complexity index is 675. The second-order valence-electron chi connectivity index (χ2n) is 5.99. The highest BCUT2D eigenvalue weighted by Crippen LogP contribution is 2.28. The number of benzene rings is 2. The number of carbonyl (C=O) groups excluding carboxylic acids is 1. The molecule has 0 saturated heterocycles. The normalized spacial score (nSPS) is 11.2. The molecule has 110 valence electrons. The van der Waals surface area contributed by atoms with Crippen LogP contribution in [0, 0.1) is 0 Å². The standard InChI is InChI=1S/C17H19BrN2O/c1-17(2,3)13-7-5-4-6-12(13)16(21)20-15-9-8-11(19)10-14(15)18/h4-10H,19H2,1-3H3,(H,20,21). The molecule has 3 nitrogen and oxygen atoms in total. The molecule has 0 saturated carbocycles. The van der Waals surface area contributed by atoms with E-state index >= 15 is 0 Å². The third-order valence-electron chi connectivity index (χ3n) is 3.22. The van der Waals surface area contributed by atoms with E-state index in [1.807, 2.05) is 24.3 Å². The van der Waals surface area contributed by atoms with Gasteiger partial charge in [-0.3, -0.25) is 4.79 Å². The van der Waals surface area contributed by atoms with Crippen LogP contribution in [0.25, 0.3) is 0 Å². The van der Waals surface area contributed by atoms with E-state index in [0.717, 1.165) is 10.0 Å². The van der Waals surface area contributed by atoms with E-state index in [1.54, 1.807) is 18.2 Å². The zero-order chi connectivity index (χ0) is 15.6. The summed E-state index contributed by atoms with van der Waals surface area (Å²) in [4.78, 5) is 12.6. The maximum absolute atomic E-state index is 12.6. The van der Waals surface area contributed by atoms with Crippen molar-refractivity contribution in [3.05, 3.63) is 58.1 Å². The van der Waals surface area contributed by atoms with E-state index in [0.29, 0.717) is 16.9 Å². The van der Waals surface area contributed by atoms with Gasteiger partial charge in [-0.05, 0) is 51.2 Å². The summed E-state index contributed by atoms with van der Waals surface area (Å²) in [6.45, 7) is 6.29. The molecule has 0 aromatic heterocycles. The molecule has 0 unspecified atom stereocenters. The van der Waals surface area contributed by atoms with Gasteiger partial charge in [0.15, 0.2) is 0 Å². The summed E-state index contributed by atoms with van der Waals surface area (Å²) < 4.78 is 0.768. The number of rotatable bonds is 2. The lowest BCUT2D eigenvalue weighted by Gasteiger charge is -2.22. The van der Waals surface area contributed by atoms with Crippen molar-refractivity contribution in [3.63, 3.8) is 0 Å². The fourth-order valence-electron chi connectivity index (χ4n) is 2.16. The predicted molar refractivity (Wildman–Crippen MR) is 91.6 cm³/mol. The highest BCUT2D eigenvalue weighted by molar-refractivity contribution is 9.10. The number of carbonyl (C=O) groups is 1. The molecule has 4 heteroatoms. The molecule has 2 rings (SSSR count). The van der Waals surface area contributed by atoms with Crippen molar-refractivity contribution in [1.29, 1.82) is 0 Å². The van der Waals surface area contributed by atoms with Crippen LogP contribution in [-0.4, -0.2) is 5.91 Å². The summed E-state index contributed by atoms with van der Waals surface area (Å²) in [5.74, 6) is -0.119. The first-order valence-electron chi connectivity index (χ1n) is 6.75. The minimum Gasteiger partial charge on any atom is -0.399 e. The van der Waals surface area contributed by atoms with E-state index in [-0.39, 0.29) is 11.3 Å². The quantitative estimate of drug-likeness (QED) is 0.781. The van der Waals surface area contributed by atoms with Gasteiger partial charge < -0.3 is 11.1 Å². The average molecular weight is 347 g/mol. The van der Waals surface area contributed by atoms with Crippen LogP contribution in [0.4, 0.5) is 11.4 Å². The second-order valence-corrected chi connectivity index (χ2v) is 6.84. The van der Waals surface area contributed by atoms with E-state index in [4.69, 9.17) is 5.73 Å². The molecule has 2 aromatic rings. The first-order valence-corrected chi connectivity index (χ1v) is 7.54. The van der Waals surface area contributed by atoms with Crippen molar-refractivity contribution in [1.82, 2.24) is 0 Å². The largest absolute Gasteiger partial charge is 0.399 e. The van der Waals surface area contributed by atoms with Gasteiger partial charge in [0.1, 0.15) is 0 Å². The SMILES string of the molecule is CC(C)(C)c1ccccc1C(=O)Nc1ccc(N)cc1Br. The number of halogens is 1. The first kappa shape index (κ1) is 15.6. The summed E-state index contributed by atoms with van der Waals surface area (Å²) in [6.07, 6.45) is 0. The molecule has 1 amide bonds. The molecule has 0 heterocycles. The number of nitrogens with two attached hydrogens (primary N) is 1. The molecule has 2 aromatic carbocycles. The Morgan fingerprint density at radius 1 is 1.14 bits per heavy atom. The van der Waals surface area contributed by atoms with E-state index in [2.05, 4.69) is 42.0 Å². The summed E-state index contributed by atoms with van der Waals surface area (Å²) in [6, 6.07) is 13.0. The van der Waals surface area contributed by atoms with Crippen molar-refractivity contribution in [2.75, 3.05) is 11.1 Å². The Balaban J connectivity index is 2.33. The molecule has 21 heavy (non-hydrogen) atoms. The fraction of sp³-hybridized carbons (Fsp3) is 0.235. The van der Waals surface area contributed by atoms with Gasteiger partial charge in [0.25, 0.3) is 5.91 Å². The Kier molecular flexibility index (Phi) is 4.37. The van der Waals surface area contributed by atoms with Gasteiger partial charge in [0.2, 0.25) is 0 Å². The number of anilines is 2. The zero-order valence-electron chi connectivity index (χ0n) is 12.4. The first-order chi connectivity index (χ1) is 9.79. The fourth-order valence-corrected chi connectivity index (χ4v) is 2.65. The molecule has 0 aliphatic carbocycles. The molecular weight excluding hydrogens is 328 g/mol. The predicted octanol–water partition coefficient (Wildman–Crippen LogP) is 4.58. The van der Waals surface area contributed by atoms with Gasteiger partial charge in [-0.25, -0.2) is 0 Å². The van der Waals surface area contributed by atoms with E-state index < -0.39 is 0 Å². The third-order valence-corrected chi connectivity index (χ3v) is 3.88. The number of hydrogen-bond acceptors (Lipinski definition) is 2. The summed E-state index contributed by atoms with van der Waals surface area (Å²) in [5.41, 5.74) is 8.68. The van der Waals surface area contributed by atoms with Gasteiger partial charge in [0.05, 0.1) is 5.69 Å². The van der Waals surface area contributed by atoms with Crippen LogP contribution in [-0.2, 0) is 5.41 Å². The Hall–Kier alpha value is -1.81. The number of amides is 1. The topological polar surface area (TPSA) is 55.1 Å². The molecular formula is C17H19BrN2O. The van der Waals surface area contributed by atoms with Gasteiger partial charge in [0, 0.05) is 15.7 Å². The lowest BCUT2D eigenvalue weighted by Crippen LogP contribution is -2.21. The smallest absolute Gasteiger partial charge is 0.255 e. The lowest BCUT2D eigenvalue weighted by molar-refractivity contribution is 0.102. The van der Waals surface area contributed by atoms with Crippen LogP contribution in [0.2, 0.25) is 0 Å². The third kappa shape index (κ3) is 3.64. The van der Waals surface area contributed by atoms with Crippen molar-refractivity contribution < 1.29 is 4.79 Å². The number of nitrogen functional groups attached to an aromatic ring is 1. The van der Waals surface area contributed by atoms with Gasteiger partial charge in [-0.1, -0.05) is 39.0 Å². The highest BCUT2D eigenvalue weighted by Gasteiger charge is 2.21. The van der Waals surface area contributed by atoms with Crippen molar-refractivity contribution >= 4 is 33.2 Å². The maximum Gasteiger partial charge on any atom is 0.255 e. The molecule has 0 atom stereocenters. The minimum absolute atomic E-state index is 0.0910. The maximum atomic E-state index is 12.6. The van der Waals surface area contributed by atoms with Crippen LogP contribution in [0.1, 0.15) is 36.7 Å². The molecule has 0 spiro atoms. The Labute approximate surface area is 133 Å². The minimum atomic E-state index is -0.119. The van der Waals surface area contributed by atoms with Crippen LogP contribution in [0.15, 0.2) is 46.9 Å². The molecule has 0 radical (unpaired) electrons. The summed E-state index contributed by atoms with van der Waals surface area (Å²) >= 11 is 3.41. The molecule has 0 bridgehead atoms. The van der Waals surface area contributed by atoms with Gasteiger partial charge in [-0.15, -0.1) is 0 Å². The van der Waals surface area contributed by atoms with Crippen molar-refractivity contribution in [2.45, 2.75) is 26.2 Å². The summed E-state index contributed by atoms with van der Waals surface area (Å²) in [5, 5.41) is 2.92. The number of hydrogen-bond donors (Lipinski definition) is 2. The number of nitrogens with one attached hydrogen (secondary N) is 1. The van der Waals surface area contributed by atoms with Crippen LogP contribution >= 0.6 is 15.9 Å². The van der Waals surface area contributed by atoms with Crippen LogP contribution in [0.5, 0.6) is 0 Å². The monoisotopic (exact) mass is 346 g/mol. The second kappa shape index (κ2) is 5.90. The summed E-state index contributed by atoms with van der Waals surface area (Å²) in [7, 11) is 0. The van der Waals surface area contributed by atoms with E-state index in [1.165, 1.54) is 0 Å². The highest BCUT2D eigenvalue weighted by atomic mass is 79.9. The molecule has 3 N–H and O–H groups in total. The van der Waals surface area contributed by atoms with Crippen LogP contribution < -0.4 is 11.1 Å².